The van der Waals surface area contributed by atoms with E-state index in [9.17, 15) is 0 Å². The van der Waals surface area contributed by atoms with E-state index in [1.54, 1.807) is 0 Å². The quantitative estimate of drug-likeness (QED) is 0.860. The molecule has 1 heterocycles. The van der Waals surface area contributed by atoms with Crippen molar-refractivity contribution < 1.29 is 0 Å². The Morgan fingerprint density at radius 2 is 1.94 bits per heavy atom. The zero-order chi connectivity index (χ0) is 12.3. The minimum atomic E-state index is 0.317. The summed E-state index contributed by atoms with van der Waals surface area (Å²) in [5.74, 6) is 0. The normalized spacial score (nSPS) is 12.6. The number of hydrogen-bond donors (Lipinski definition) is 1. The van der Waals surface area contributed by atoms with Gasteiger partial charge in [0.2, 0.25) is 0 Å². The molecule has 1 nitrogen and oxygen atoms in total. The standard InChI is InChI=1S/C15H19NS/c1-4-12-7-5-6-8-14(12)15(16-3)13-9-10-17-11(13)2/h5-10,15-16H,4H2,1-3H3. The number of hydrogen-bond acceptors (Lipinski definition) is 2. The van der Waals surface area contributed by atoms with Gasteiger partial charge in [-0.1, -0.05) is 31.2 Å². The average Bonchev–Trinajstić information content (AvgIpc) is 2.78. The minimum absolute atomic E-state index is 0.317. The van der Waals surface area contributed by atoms with Crippen molar-refractivity contribution >= 4 is 11.3 Å². The molecule has 2 heteroatoms. The fourth-order valence-electron chi connectivity index (χ4n) is 2.31. The summed E-state index contributed by atoms with van der Waals surface area (Å²) in [5, 5.41) is 5.61. The third-order valence-corrected chi connectivity index (χ3v) is 4.11. The summed E-state index contributed by atoms with van der Waals surface area (Å²) in [6.07, 6.45) is 1.08. The fraction of sp³-hybridized carbons (Fsp3) is 0.333. The van der Waals surface area contributed by atoms with E-state index in [1.165, 1.54) is 21.6 Å². The molecule has 0 spiro atoms. The molecule has 1 aromatic heterocycles. The van der Waals surface area contributed by atoms with E-state index in [0.29, 0.717) is 6.04 Å². The summed E-state index contributed by atoms with van der Waals surface area (Å²) in [7, 11) is 2.04. The molecule has 1 N–H and O–H groups in total. The summed E-state index contributed by atoms with van der Waals surface area (Å²) in [6, 6.07) is 11.2. The number of benzene rings is 1. The van der Waals surface area contributed by atoms with Crippen LogP contribution in [0.4, 0.5) is 0 Å². The zero-order valence-corrected chi connectivity index (χ0v) is 11.5. The first-order valence-electron chi connectivity index (χ1n) is 6.07. The van der Waals surface area contributed by atoms with Gasteiger partial charge < -0.3 is 5.32 Å². The fourth-order valence-corrected chi connectivity index (χ4v) is 3.05. The Balaban J connectivity index is 2.46. The van der Waals surface area contributed by atoms with Crippen LogP contribution >= 0.6 is 11.3 Å². The molecule has 0 saturated heterocycles. The van der Waals surface area contributed by atoms with Crippen molar-refractivity contribution in [2.75, 3.05) is 7.05 Å². The second-order valence-corrected chi connectivity index (χ2v) is 5.33. The third kappa shape index (κ3) is 2.43. The highest BCUT2D eigenvalue weighted by Gasteiger charge is 2.16. The smallest absolute Gasteiger partial charge is 0.0587 e. The molecule has 0 bridgehead atoms. The van der Waals surface area contributed by atoms with Gasteiger partial charge in [0.1, 0.15) is 0 Å². The highest BCUT2D eigenvalue weighted by molar-refractivity contribution is 7.10. The first-order chi connectivity index (χ1) is 8.27. The van der Waals surface area contributed by atoms with Crippen LogP contribution in [-0.4, -0.2) is 7.05 Å². The summed E-state index contributed by atoms with van der Waals surface area (Å²) in [5.41, 5.74) is 4.23. The van der Waals surface area contributed by atoms with Gasteiger partial charge in [-0.3, -0.25) is 0 Å². The van der Waals surface area contributed by atoms with Crippen LogP contribution in [0.5, 0.6) is 0 Å². The van der Waals surface area contributed by atoms with E-state index in [4.69, 9.17) is 0 Å². The van der Waals surface area contributed by atoms with Gasteiger partial charge in [0.05, 0.1) is 6.04 Å². The van der Waals surface area contributed by atoms with Crippen molar-refractivity contribution in [1.82, 2.24) is 5.32 Å². The molecule has 0 amide bonds. The maximum atomic E-state index is 3.44. The number of thiophene rings is 1. The molecule has 0 saturated carbocycles. The van der Waals surface area contributed by atoms with Crippen molar-refractivity contribution in [1.29, 1.82) is 0 Å². The monoisotopic (exact) mass is 245 g/mol. The van der Waals surface area contributed by atoms with Gasteiger partial charge in [-0.2, -0.15) is 0 Å². The maximum Gasteiger partial charge on any atom is 0.0587 e. The van der Waals surface area contributed by atoms with Crippen LogP contribution in [0.25, 0.3) is 0 Å². The molecular weight excluding hydrogens is 226 g/mol. The van der Waals surface area contributed by atoms with Gasteiger partial charge in [0, 0.05) is 4.88 Å². The first-order valence-corrected chi connectivity index (χ1v) is 6.95. The first kappa shape index (κ1) is 12.3. The molecule has 90 valence electrons. The molecule has 1 unspecified atom stereocenters. The molecule has 17 heavy (non-hydrogen) atoms. The van der Waals surface area contributed by atoms with Crippen LogP contribution in [0.3, 0.4) is 0 Å². The van der Waals surface area contributed by atoms with Gasteiger partial charge in [-0.05, 0) is 48.5 Å². The topological polar surface area (TPSA) is 12.0 Å². The van der Waals surface area contributed by atoms with E-state index in [1.807, 2.05) is 18.4 Å². The summed E-state index contributed by atoms with van der Waals surface area (Å²) < 4.78 is 0. The molecule has 1 atom stereocenters. The van der Waals surface area contributed by atoms with E-state index < -0.39 is 0 Å². The molecule has 0 radical (unpaired) electrons. The van der Waals surface area contributed by atoms with Crippen molar-refractivity contribution in [2.24, 2.45) is 0 Å². The Hall–Kier alpha value is -1.12. The number of aryl methyl sites for hydroxylation is 2. The Labute approximate surface area is 108 Å². The number of nitrogens with one attached hydrogen (secondary N) is 1. The van der Waals surface area contributed by atoms with Crippen molar-refractivity contribution in [3.05, 3.63) is 57.3 Å². The van der Waals surface area contributed by atoms with Crippen molar-refractivity contribution in [3.8, 4) is 0 Å². The second kappa shape index (κ2) is 5.48. The Kier molecular flexibility index (Phi) is 3.97. The van der Waals surface area contributed by atoms with E-state index in [-0.39, 0.29) is 0 Å². The van der Waals surface area contributed by atoms with Gasteiger partial charge in [0.15, 0.2) is 0 Å². The molecule has 1 aromatic carbocycles. The lowest BCUT2D eigenvalue weighted by molar-refractivity contribution is 0.683. The van der Waals surface area contributed by atoms with E-state index in [2.05, 4.69) is 54.9 Å². The SMILES string of the molecule is CCc1ccccc1C(NC)c1ccsc1C. The molecule has 0 aliphatic carbocycles. The average molecular weight is 245 g/mol. The summed E-state index contributed by atoms with van der Waals surface area (Å²) >= 11 is 1.82. The largest absolute Gasteiger partial charge is 0.309 e. The molecule has 0 fully saturated rings. The Morgan fingerprint density at radius 3 is 2.53 bits per heavy atom. The van der Waals surface area contributed by atoms with Crippen LogP contribution in [0.15, 0.2) is 35.7 Å². The van der Waals surface area contributed by atoms with Crippen LogP contribution in [0.2, 0.25) is 0 Å². The zero-order valence-electron chi connectivity index (χ0n) is 10.7. The Morgan fingerprint density at radius 1 is 1.18 bits per heavy atom. The van der Waals surface area contributed by atoms with E-state index in [0.717, 1.165) is 6.42 Å². The predicted octanol–water partition coefficient (Wildman–Crippen LogP) is 3.93. The van der Waals surface area contributed by atoms with Crippen molar-refractivity contribution in [3.63, 3.8) is 0 Å². The molecule has 0 aliphatic heterocycles. The molecule has 2 aromatic rings. The highest BCUT2D eigenvalue weighted by atomic mass is 32.1. The lowest BCUT2D eigenvalue weighted by Crippen LogP contribution is -2.19. The second-order valence-electron chi connectivity index (χ2n) is 4.21. The molecular formula is C15H19NS. The lowest BCUT2D eigenvalue weighted by atomic mass is 9.94. The van der Waals surface area contributed by atoms with Crippen LogP contribution < -0.4 is 5.32 Å². The highest BCUT2D eigenvalue weighted by Crippen LogP contribution is 2.29. The van der Waals surface area contributed by atoms with Crippen LogP contribution in [0.1, 0.15) is 34.5 Å². The molecule has 0 aliphatic rings. The Bertz CT molecular complexity index is 487. The lowest BCUT2D eigenvalue weighted by Gasteiger charge is -2.20. The van der Waals surface area contributed by atoms with Gasteiger partial charge in [-0.15, -0.1) is 11.3 Å². The minimum Gasteiger partial charge on any atom is -0.309 e. The van der Waals surface area contributed by atoms with Crippen LogP contribution in [0, 0.1) is 6.92 Å². The predicted molar refractivity (Wildman–Crippen MR) is 75.8 cm³/mol. The maximum absolute atomic E-state index is 3.44. The van der Waals surface area contributed by atoms with Gasteiger partial charge >= 0.3 is 0 Å². The van der Waals surface area contributed by atoms with Crippen LogP contribution in [-0.2, 0) is 6.42 Å². The molecule has 2 rings (SSSR count). The summed E-state index contributed by atoms with van der Waals surface area (Å²) in [6.45, 7) is 4.41. The third-order valence-electron chi connectivity index (χ3n) is 3.25. The van der Waals surface area contributed by atoms with Gasteiger partial charge in [-0.25, -0.2) is 0 Å². The van der Waals surface area contributed by atoms with E-state index >= 15 is 0 Å². The number of rotatable bonds is 4. The summed E-state index contributed by atoms with van der Waals surface area (Å²) in [4.78, 5) is 1.40. The van der Waals surface area contributed by atoms with Gasteiger partial charge in [0.25, 0.3) is 0 Å². The van der Waals surface area contributed by atoms with Crippen molar-refractivity contribution in [2.45, 2.75) is 26.3 Å².